The molecule has 1 saturated carbocycles. The molecule has 0 unspecified atom stereocenters. The minimum Gasteiger partial charge on any atom is -0.464 e. The Bertz CT molecular complexity index is 598. The zero-order valence-electron chi connectivity index (χ0n) is 12.5. The van der Waals surface area contributed by atoms with Crippen molar-refractivity contribution in [2.45, 2.75) is 31.8 Å². The number of nitrogens with one attached hydrogen (secondary N) is 1. The Balaban J connectivity index is 1.55. The molecule has 1 aliphatic carbocycles. The Kier molecular flexibility index (Phi) is 4.59. The Labute approximate surface area is 130 Å². The summed E-state index contributed by atoms with van der Waals surface area (Å²) >= 11 is 0. The van der Waals surface area contributed by atoms with Crippen molar-refractivity contribution in [2.75, 3.05) is 6.54 Å². The number of hydrogen-bond donors (Lipinski definition) is 2. The topological polar surface area (TPSA) is 62.5 Å². The number of aliphatic hydroxyl groups is 1. The SMILES string of the molecule is O=C(NC[C@@H](O)c1ccc(-c2ccco2)cc1)C1CCCC1. The van der Waals surface area contributed by atoms with E-state index in [4.69, 9.17) is 4.42 Å². The molecule has 0 saturated heterocycles. The fourth-order valence-electron chi connectivity index (χ4n) is 2.96. The molecule has 4 nitrogen and oxygen atoms in total. The fraction of sp³-hybridized carbons (Fsp3) is 0.389. The van der Waals surface area contributed by atoms with E-state index in [2.05, 4.69) is 5.32 Å². The summed E-state index contributed by atoms with van der Waals surface area (Å²) in [4.78, 5) is 12.0. The first kappa shape index (κ1) is 14.9. The van der Waals surface area contributed by atoms with Crippen molar-refractivity contribution in [1.82, 2.24) is 5.32 Å². The molecule has 1 amide bonds. The molecule has 4 heteroatoms. The van der Waals surface area contributed by atoms with Crippen LogP contribution >= 0.6 is 0 Å². The molecule has 0 spiro atoms. The molecule has 0 aliphatic heterocycles. The maximum atomic E-state index is 12.0. The molecule has 1 heterocycles. The average Bonchev–Trinajstić information content (AvgIpc) is 3.25. The second kappa shape index (κ2) is 6.79. The Hall–Kier alpha value is -2.07. The van der Waals surface area contributed by atoms with Crippen molar-refractivity contribution in [3.05, 3.63) is 48.2 Å². The van der Waals surface area contributed by atoms with Gasteiger partial charge in [0, 0.05) is 18.0 Å². The number of amides is 1. The number of furan rings is 1. The summed E-state index contributed by atoms with van der Waals surface area (Å²) in [6.45, 7) is 0.259. The van der Waals surface area contributed by atoms with Crippen molar-refractivity contribution < 1.29 is 14.3 Å². The van der Waals surface area contributed by atoms with Crippen LogP contribution < -0.4 is 5.32 Å². The van der Waals surface area contributed by atoms with E-state index in [1.807, 2.05) is 36.4 Å². The third kappa shape index (κ3) is 3.39. The van der Waals surface area contributed by atoms with E-state index in [0.29, 0.717) is 0 Å². The Morgan fingerprint density at radius 2 is 1.95 bits per heavy atom. The number of rotatable bonds is 5. The van der Waals surface area contributed by atoms with Crippen molar-refractivity contribution in [1.29, 1.82) is 0 Å². The average molecular weight is 299 g/mol. The van der Waals surface area contributed by atoms with Gasteiger partial charge in [-0.1, -0.05) is 37.1 Å². The highest BCUT2D eigenvalue weighted by atomic mass is 16.3. The van der Waals surface area contributed by atoms with Gasteiger partial charge >= 0.3 is 0 Å². The Morgan fingerprint density at radius 1 is 1.23 bits per heavy atom. The van der Waals surface area contributed by atoms with Crippen LogP contribution in [-0.2, 0) is 4.79 Å². The summed E-state index contributed by atoms with van der Waals surface area (Å²) in [6.07, 6.45) is 5.16. The summed E-state index contributed by atoms with van der Waals surface area (Å²) in [6, 6.07) is 11.3. The number of carbonyl (C=O) groups is 1. The van der Waals surface area contributed by atoms with Gasteiger partial charge in [0.25, 0.3) is 0 Å². The molecule has 3 rings (SSSR count). The second-order valence-corrected chi connectivity index (χ2v) is 5.84. The third-order valence-electron chi connectivity index (χ3n) is 4.30. The quantitative estimate of drug-likeness (QED) is 0.890. The van der Waals surface area contributed by atoms with E-state index in [-0.39, 0.29) is 18.4 Å². The van der Waals surface area contributed by atoms with Crippen LogP contribution in [0.1, 0.15) is 37.4 Å². The van der Waals surface area contributed by atoms with Gasteiger partial charge in [-0.05, 0) is 30.5 Å². The van der Waals surface area contributed by atoms with Crippen LogP contribution in [0.25, 0.3) is 11.3 Å². The molecule has 0 bridgehead atoms. The minimum atomic E-state index is -0.684. The largest absolute Gasteiger partial charge is 0.464 e. The second-order valence-electron chi connectivity index (χ2n) is 5.84. The number of hydrogen-bond acceptors (Lipinski definition) is 3. The van der Waals surface area contributed by atoms with Crippen LogP contribution in [0.2, 0.25) is 0 Å². The van der Waals surface area contributed by atoms with E-state index in [0.717, 1.165) is 42.6 Å². The van der Waals surface area contributed by atoms with Gasteiger partial charge in [-0.25, -0.2) is 0 Å². The van der Waals surface area contributed by atoms with Gasteiger partial charge in [0.15, 0.2) is 0 Å². The lowest BCUT2D eigenvalue weighted by atomic mass is 10.0. The fourth-order valence-corrected chi connectivity index (χ4v) is 2.96. The van der Waals surface area contributed by atoms with E-state index in [1.54, 1.807) is 6.26 Å². The summed E-state index contributed by atoms with van der Waals surface area (Å²) in [5, 5.41) is 13.1. The minimum absolute atomic E-state index is 0.0729. The molecular formula is C18H21NO3. The normalized spacial score (nSPS) is 16.6. The maximum absolute atomic E-state index is 12.0. The third-order valence-corrected chi connectivity index (χ3v) is 4.30. The van der Waals surface area contributed by atoms with Gasteiger partial charge in [0.05, 0.1) is 12.4 Å². The monoisotopic (exact) mass is 299 g/mol. The molecule has 1 aromatic heterocycles. The van der Waals surface area contributed by atoms with Crippen LogP contribution in [0, 0.1) is 5.92 Å². The highest BCUT2D eigenvalue weighted by Crippen LogP contribution is 2.25. The van der Waals surface area contributed by atoms with Gasteiger partial charge in [-0.15, -0.1) is 0 Å². The van der Waals surface area contributed by atoms with Gasteiger partial charge in [-0.3, -0.25) is 4.79 Å². The molecule has 1 aromatic carbocycles. The zero-order valence-corrected chi connectivity index (χ0v) is 12.5. The number of aliphatic hydroxyl groups excluding tert-OH is 1. The predicted octanol–water partition coefficient (Wildman–Crippen LogP) is 3.29. The molecule has 1 aliphatic rings. The van der Waals surface area contributed by atoms with Gasteiger partial charge in [-0.2, -0.15) is 0 Å². The summed E-state index contributed by atoms with van der Waals surface area (Å²) in [7, 11) is 0. The highest BCUT2D eigenvalue weighted by molar-refractivity contribution is 5.78. The van der Waals surface area contributed by atoms with Crippen LogP contribution in [0.15, 0.2) is 47.1 Å². The number of carbonyl (C=O) groups excluding carboxylic acids is 1. The lowest BCUT2D eigenvalue weighted by Gasteiger charge is -2.15. The smallest absolute Gasteiger partial charge is 0.223 e. The number of benzene rings is 1. The van der Waals surface area contributed by atoms with Crippen molar-refractivity contribution >= 4 is 5.91 Å². The van der Waals surface area contributed by atoms with Crippen LogP contribution in [0.4, 0.5) is 0 Å². The van der Waals surface area contributed by atoms with Crippen LogP contribution in [0.3, 0.4) is 0 Å². The van der Waals surface area contributed by atoms with Gasteiger partial charge < -0.3 is 14.8 Å². The van der Waals surface area contributed by atoms with Crippen molar-refractivity contribution in [2.24, 2.45) is 5.92 Å². The predicted molar refractivity (Wildman–Crippen MR) is 84.1 cm³/mol. The van der Waals surface area contributed by atoms with Crippen LogP contribution in [0.5, 0.6) is 0 Å². The first-order valence-corrected chi connectivity index (χ1v) is 7.83. The molecule has 2 N–H and O–H groups in total. The molecule has 1 atom stereocenters. The van der Waals surface area contributed by atoms with Crippen molar-refractivity contribution in [3.63, 3.8) is 0 Å². The Morgan fingerprint density at radius 3 is 2.59 bits per heavy atom. The molecular weight excluding hydrogens is 278 g/mol. The lowest BCUT2D eigenvalue weighted by Crippen LogP contribution is -2.32. The van der Waals surface area contributed by atoms with Crippen molar-refractivity contribution in [3.8, 4) is 11.3 Å². The molecule has 22 heavy (non-hydrogen) atoms. The first-order chi connectivity index (χ1) is 10.7. The standard InChI is InChI=1S/C18H21NO3/c20-16(12-19-18(21)15-4-1-2-5-15)13-7-9-14(10-8-13)17-6-3-11-22-17/h3,6-11,15-16,20H,1-2,4-5,12H2,(H,19,21)/t16-/m1/s1. The summed E-state index contributed by atoms with van der Waals surface area (Å²) in [5.74, 6) is 1.01. The van der Waals surface area contributed by atoms with E-state index in [1.165, 1.54) is 0 Å². The summed E-state index contributed by atoms with van der Waals surface area (Å²) < 4.78 is 5.34. The van der Waals surface area contributed by atoms with E-state index < -0.39 is 6.10 Å². The molecule has 2 aromatic rings. The van der Waals surface area contributed by atoms with E-state index in [9.17, 15) is 9.90 Å². The zero-order chi connectivity index (χ0) is 15.4. The van der Waals surface area contributed by atoms with E-state index >= 15 is 0 Å². The highest BCUT2D eigenvalue weighted by Gasteiger charge is 2.22. The van der Waals surface area contributed by atoms with Gasteiger partial charge in [0.1, 0.15) is 5.76 Å². The summed E-state index contributed by atoms with van der Waals surface area (Å²) in [5.41, 5.74) is 1.76. The van der Waals surface area contributed by atoms with Gasteiger partial charge in [0.2, 0.25) is 5.91 Å². The van der Waals surface area contributed by atoms with Crippen LogP contribution in [-0.4, -0.2) is 17.6 Å². The molecule has 0 radical (unpaired) electrons. The molecule has 116 valence electrons. The molecule has 1 fully saturated rings. The first-order valence-electron chi connectivity index (χ1n) is 7.83. The maximum Gasteiger partial charge on any atom is 0.223 e. The lowest BCUT2D eigenvalue weighted by molar-refractivity contribution is -0.125.